The van der Waals surface area contributed by atoms with Gasteiger partial charge in [-0.2, -0.15) is 0 Å². The van der Waals surface area contributed by atoms with Crippen LogP contribution in [0.25, 0.3) is 0 Å². The van der Waals surface area contributed by atoms with Crippen LogP contribution in [0.5, 0.6) is 0 Å². The molecule has 0 spiro atoms. The second-order valence-corrected chi connectivity index (χ2v) is 3.70. The van der Waals surface area contributed by atoms with Crippen LogP contribution < -0.4 is 0 Å². The molecular formula is C11H19NO. The molecule has 0 aromatic rings. The molecular weight excluding hydrogens is 162 g/mol. The first-order valence-corrected chi connectivity index (χ1v) is 5.39. The van der Waals surface area contributed by atoms with Crippen molar-refractivity contribution in [3.05, 3.63) is 0 Å². The number of carbonyl (C=O) groups is 1. The summed E-state index contributed by atoms with van der Waals surface area (Å²) < 4.78 is 0. The van der Waals surface area contributed by atoms with Gasteiger partial charge in [0.25, 0.3) is 0 Å². The highest BCUT2D eigenvalue weighted by molar-refractivity contribution is 5.91. The lowest BCUT2D eigenvalue weighted by molar-refractivity contribution is -0.117. The lowest BCUT2D eigenvalue weighted by Crippen LogP contribution is -1.99. The van der Waals surface area contributed by atoms with E-state index in [0.717, 1.165) is 19.4 Å². The van der Waals surface area contributed by atoms with Crippen LogP contribution in [0.1, 0.15) is 51.4 Å². The SMILES string of the molecule is O=C1CC=NCCCCCCCC1. The molecule has 1 rings (SSSR count). The van der Waals surface area contributed by atoms with Gasteiger partial charge in [-0.1, -0.05) is 25.7 Å². The van der Waals surface area contributed by atoms with Crippen molar-refractivity contribution in [3.63, 3.8) is 0 Å². The Morgan fingerprint density at radius 2 is 1.69 bits per heavy atom. The molecule has 0 amide bonds. The Labute approximate surface area is 80.4 Å². The molecule has 0 aromatic heterocycles. The number of carbonyl (C=O) groups excluding carboxylic acids is 1. The molecule has 0 saturated heterocycles. The van der Waals surface area contributed by atoms with E-state index >= 15 is 0 Å². The molecule has 0 fully saturated rings. The summed E-state index contributed by atoms with van der Waals surface area (Å²) in [6, 6.07) is 0. The van der Waals surface area contributed by atoms with Crippen LogP contribution >= 0.6 is 0 Å². The van der Waals surface area contributed by atoms with Crippen molar-refractivity contribution in [1.29, 1.82) is 0 Å². The molecule has 1 aliphatic heterocycles. The predicted molar refractivity (Wildman–Crippen MR) is 55.3 cm³/mol. The highest BCUT2D eigenvalue weighted by Crippen LogP contribution is 2.08. The van der Waals surface area contributed by atoms with E-state index in [0.29, 0.717) is 12.2 Å². The molecule has 0 unspecified atom stereocenters. The third-order valence-electron chi connectivity index (χ3n) is 2.44. The summed E-state index contributed by atoms with van der Waals surface area (Å²) >= 11 is 0. The summed E-state index contributed by atoms with van der Waals surface area (Å²) in [6.45, 7) is 0.910. The largest absolute Gasteiger partial charge is 0.299 e. The van der Waals surface area contributed by atoms with Gasteiger partial charge in [0, 0.05) is 25.6 Å². The predicted octanol–water partition coefficient (Wildman–Crippen LogP) is 2.76. The van der Waals surface area contributed by atoms with Crippen molar-refractivity contribution >= 4 is 12.0 Å². The van der Waals surface area contributed by atoms with Crippen molar-refractivity contribution in [1.82, 2.24) is 0 Å². The summed E-state index contributed by atoms with van der Waals surface area (Å²) in [5.41, 5.74) is 0. The van der Waals surface area contributed by atoms with Gasteiger partial charge in [-0.25, -0.2) is 0 Å². The topological polar surface area (TPSA) is 29.4 Å². The number of rotatable bonds is 0. The molecule has 1 aliphatic rings. The fraction of sp³-hybridized carbons (Fsp3) is 0.818. The Balaban J connectivity index is 2.26. The molecule has 2 heteroatoms. The zero-order chi connectivity index (χ0) is 9.36. The molecule has 1 heterocycles. The van der Waals surface area contributed by atoms with E-state index in [1.807, 2.05) is 0 Å². The number of nitrogens with zero attached hydrogens (tertiary/aromatic N) is 1. The number of ketones is 1. The minimum Gasteiger partial charge on any atom is -0.299 e. The normalized spacial score (nSPS) is 22.0. The van der Waals surface area contributed by atoms with Gasteiger partial charge in [0.1, 0.15) is 5.78 Å². The molecule has 0 bridgehead atoms. The molecule has 0 aromatic carbocycles. The maximum Gasteiger partial charge on any atom is 0.138 e. The van der Waals surface area contributed by atoms with Gasteiger partial charge in [0.05, 0.1) is 0 Å². The quantitative estimate of drug-likeness (QED) is 0.565. The van der Waals surface area contributed by atoms with E-state index < -0.39 is 0 Å². The summed E-state index contributed by atoms with van der Waals surface area (Å²) in [5.74, 6) is 0.351. The molecule has 0 aliphatic carbocycles. The minimum absolute atomic E-state index is 0.351. The maximum atomic E-state index is 11.2. The Bertz CT molecular complexity index is 175. The van der Waals surface area contributed by atoms with Crippen LogP contribution in [-0.2, 0) is 4.79 Å². The van der Waals surface area contributed by atoms with Crippen molar-refractivity contribution < 1.29 is 4.79 Å². The average molecular weight is 181 g/mol. The standard InChI is InChI=1S/C11H19NO/c13-11-7-5-3-1-2-4-6-9-12-10-8-11/h10H,1-9H2. The van der Waals surface area contributed by atoms with Gasteiger partial charge in [0.2, 0.25) is 0 Å². The number of hydrogen-bond acceptors (Lipinski definition) is 2. The van der Waals surface area contributed by atoms with Crippen LogP contribution in [0.3, 0.4) is 0 Å². The lowest BCUT2D eigenvalue weighted by Gasteiger charge is -2.02. The Hall–Kier alpha value is -0.660. The van der Waals surface area contributed by atoms with Gasteiger partial charge < -0.3 is 0 Å². The van der Waals surface area contributed by atoms with E-state index in [4.69, 9.17) is 0 Å². The van der Waals surface area contributed by atoms with E-state index in [9.17, 15) is 4.79 Å². The van der Waals surface area contributed by atoms with Gasteiger partial charge in [-0.15, -0.1) is 0 Å². The molecule has 74 valence electrons. The highest BCUT2D eigenvalue weighted by atomic mass is 16.1. The first kappa shape index (κ1) is 10.4. The van der Waals surface area contributed by atoms with E-state index in [1.54, 1.807) is 6.21 Å². The van der Waals surface area contributed by atoms with Crippen molar-refractivity contribution in [2.24, 2.45) is 4.99 Å². The first-order valence-electron chi connectivity index (χ1n) is 5.39. The van der Waals surface area contributed by atoms with Crippen LogP contribution in [0.4, 0.5) is 0 Å². The third-order valence-corrected chi connectivity index (χ3v) is 2.44. The molecule has 0 atom stereocenters. The number of aliphatic imine (C=N–C) groups is 1. The zero-order valence-corrected chi connectivity index (χ0v) is 8.30. The molecule has 2 nitrogen and oxygen atoms in total. The maximum absolute atomic E-state index is 11.2. The van der Waals surface area contributed by atoms with Crippen molar-refractivity contribution in [3.8, 4) is 0 Å². The van der Waals surface area contributed by atoms with Gasteiger partial charge >= 0.3 is 0 Å². The second kappa shape index (κ2) is 6.81. The second-order valence-electron chi connectivity index (χ2n) is 3.70. The molecule has 0 N–H and O–H groups in total. The molecule has 0 radical (unpaired) electrons. The van der Waals surface area contributed by atoms with Crippen LogP contribution in [0, 0.1) is 0 Å². The van der Waals surface area contributed by atoms with E-state index in [-0.39, 0.29) is 0 Å². The Kier molecular flexibility index (Phi) is 5.46. The minimum atomic E-state index is 0.351. The number of Topliss-reactive ketones (excluding diaryl/α,β-unsaturated/α-hetero) is 1. The third kappa shape index (κ3) is 5.56. The lowest BCUT2D eigenvalue weighted by atomic mass is 10.1. The van der Waals surface area contributed by atoms with E-state index in [1.165, 1.54) is 32.1 Å². The number of hydrogen-bond donors (Lipinski definition) is 0. The summed E-state index contributed by atoms with van der Waals surface area (Å²) in [5, 5.41) is 0. The average Bonchev–Trinajstić information content (AvgIpc) is 2.11. The summed E-state index contributed by atoms with van der Waals surface area (Å²) in [7, 11) is 0. The summed E-state index contributed by atoms with van der Waals surface area (Å²) in [4.78, 5) is 15.4. The highest BCUT2D eigenvalue weighted by Gasteiger charge is 2.00. The van der Waals surface area contributed by atoms with Gasteiger partial charge in [-0.05, 0) is 12.8 Å². The van der Waals surface area contributed by atoms with Gasteiger partial charge in [0.15, 0.2) is 0 Å². The summed E-state index contributed by atoms with van der Waals surface area (Å²) in [6.07, 6.45) is 10.5. The Morgan fingerprint density at radius 3 is 2.54 bits per heavy atom. The zero-order valence-electron chi connectivity index (χ0n) is 8.30. The molecule has 13 heavy (non-hydrogen) atoms. The fourth-order valence-electron chi connectivity index (χ4n) is 1.59. The van der Waals surface area contributed by atoms with Crippen molar-refractivity contribution in [2.75, 3.05) is 6.54 Å². The molecule has 0 saturated carbocycles. The first-order chi connectivity index (χ1) is 6.39. The van der Waals surface area contributed by atoms with Crippen LogP contribution in [0.15, 0.2) is 4.99 Å². The smallest absolute Gasteiger partial charge is 0.138 e. The monoisotopic (exact) mass is 181 g/mol. The Morgan fingerprint density at radius 1 is 1.00 bits per heavy atom. The van der Waals surface area contributed by atoms with Gasteiger partial charge in [-0.3, -0.25) is 9.79 Å². The van der Waals surface area contributed by atoms with Crippen LogP contribution in [-0.4, -0.2) is 18.5 Å². The van der Waals surface area contributed by atoms with Crippen LogP contribution in [0.2, 0.25) is 0 Å². The van der Waals surface area contributed by atoms with E-state index in [2.05, 4.69) is 4.99 Å². The fourth-order valence-corrected chi connectivity index (χ4v) is 1.59. The van der Waals surface area contributed by atoms with Crippen molar-refractivity contribution in [2.45, 2.75) is 51.4 Å².